The van der Waals surface area contributed by atoms with Gasteiger partial charge in [-0.15, -0.1) is 0 Å². The van der Waals surface area contributed by atoms with Crippen molar-refractivity contribution in [3.05, 3.63) is 36.1 Å². The van der Waals surface area contributed by atoms with Gasteiger partial charge in [0.25, 0.3) is 5.91 Å². The number of nitrogens with zero attached hydrogens (tertiary/aromatic N) is 1. The van der Waals surface area contributed by atoms with Crippen LogP contribution in [0.1, 0.15) is 23.2 Å². The van der Waals surface area contributed by atoms with Crippen LogP contribution in [0.15, 0.2) is 34.9 Å². The number of aliphatic carboxylic acids is 1. The van der Waals surface area contributed by atoms with E-state index < -0.39 is 5.97 Å². The van der Waals surface area contributed by atoms with Crippen molar-refractivity contribution in [3.63, 3.8) is 0 Å². The topological polar surface area (TPSA) is 70.8 Å². The Kier molecular flexibility index (Phi) is 3.18. The van der Waals surface area contributed by atoms with Crippen LogP contribution in [0.3, 0.4) is 0 Å². The molecule has 1 unspecified atom stereocenters. The molecule has 0 aliphatic carbocycles. The SMILES string of the molecule is O=C(O)CC1CCN(C(=O)c2coc3ccccc23)C1. The van der Waals surface area contributed by atoms with Gasteiger partial charge in [-0.3, -0.25) is 9.59 Å². The van der Waals surface area contributed by atoms with Gasteiger partial charge in [-0.1, -0.05) is 18.2 Å². The van der Waals surface area contributed by atoms with Gasteiger partial charge < -0.3 is 14.4 Å². The number of rotatable bonds is 3. The fourth-order valence-electron chi connectivity index (χ4n) is 2.74. The van der Waals surface area contributed by atoms with Crippen molar-refractivity contribution in [1.82, 2.24) is 4.90 Å². The number of carboxylic acid groups (broad SMARTS) is 1. The smallest absolute Gasteiger partial charge is 0.303 e. The predicted octanol–water partition coefficient (Wildman–Crippen LogP) is 2.37. The van der Waals surface area contributed by atoms with Crippen molar-refractivity contribution in [1.29, 1.82) is 0 Å². The summed E-state index contributed by atoms with van der Waals surface area (Å²) in [6, 6.07) is 7.41. The molecule has 5 nitrogen and oxygen atoms in total. The molecule has 1 aliphatic rings. The van der Waals surface area contributed by atoms with E-state index in [0.717, 1.165) is 11.8 Å². The maximum absolute atomic E-state index is 12.5. The molecule has 0 bridgehead atoms. The maximum Gasteiger partial charge on any atom is 0.303 e. The molecule has 1 atom stereocenters. The summed E-state index contributed by atoms with van der Waals surface area (Å²) in [6.07, 6.45) is 2.35. The minimum atomic E-state index is -0.807. The number of carbonyl (C=O) groups excluding carboxylic acids is 1. The molecule has 5 heteroatoms. The first kappa shape index (κ1) is 12.7. The first-order valence-corrected chi connectivity index (χ1v) is 6.62. The molecule has 1 fully saturated rings. The number of amides is 1. The number of fused-ring (bicyclic) bond motifs is 1. The first-order valence-electron chi connectivity index (χ1n) is 6.62. The van der Waals surface area contributed by atoms with Crippen molar-refractivity contribution in [2.45, 2.75) is 12.8 Å². The van der Waals surface area contributed by atoms with Crippen LogP contribution in [-0.2, 0) is 4.79 Å². The van der Waals surface area contributed by atoms with Crippen molar-refractivity contribution < 1.29 is 19.1 Å². The lowest BCUT2D eigenvalue weighted by Gasteiger charge is -2.15. The largest absolute Gasteiger partial charge is 0.481 e. The highest BCUT2D eigenvalue weighted by Gasteiger charge is 2.29. The summed E-state index contributed by atoms with van der Waals surface area (Å²) in [4.78, 5) is 24.9. The molecule has 0 radical (unpaired) electrons. The van der Waals surface area contributed by atoms with Crippen LogP contribution in [0.5, 0.6) is 0 Å². The minimum Gasteiger partial charge on any atom is -0.481 e. The van der Waals surface area contributed by atoms with E-state index in [1.807, 2.05) is 24.3 Å². The summed E-state index contributed by atoms with van der Waals surface area (Å²) in [5.74, 6) is -0.837. The number of hydrogen-bond donors (Lipinski definition) is 1. The van der Waals surface area contributed by atoms with Crippen LogP contribution >= 0.6 is 0 Å². The van der Waals surface area contributed by atoms with Gasteiger partial charge in [-0.05, 0) is 18.4 Å². The second-order valence-electron chi connectivity index (χ2n) is 5.15. The van der Waals surface area contributed by atoms with Crippen molar-refractivity contribution in [2.24, 2.45) is 5.92 Å². The molecule has 20 heavy (non-hydrogen) atoms. The Bertz CT molecular complexity index is 661. The fourth-order valence-corrected chi connectivity index (χ4v) is 2.74. The Balaban J connectivity index is 1.78. The van der Waals surface area contributed by atoms with Gasteiger partial charge in [-0.25, -0.2) is 0 Å². The number of furan rings is 1. The average molecular weight is 273 g/mol. The van der Waals surface area contributed by atoms with Crippen LogP contribution < -0.4 is 0 Å². The van der Waals surface area contributed by atoms with Gasteiger partial charge in [-0.2, -0.15) is 0 Å². The number of likely N-dealkylation sites (tertiary alicyclic amines) is 1. The highest BCUT2D eigenvalue weighted by molar-refractivity contribution is 6.05. The van der Waals surface area contributed by atoms with Crippen LogP contribution in [0.2, 0.25) is 0 Å². The number of para-hydroxylation sites is 1. The summed E-state index contributed by atoms with van der Waals surface area (Å²) >= 11 is 0. The molecule has 1 amide bonds. The van der Waals surface area contributed by atoms with Crippen molar-refractivity contribution in [2.75, 3.05) is 13.1 Å². The Labute approximate surface area is 115 Å². The highest BCUT2D eigenvalue weighted by atomic mass is 16.4. The molecule has 0 saturated carbocycles. The Morgan fingerprint density at radius 1 is 1.35 bits per heavy atom. The summed E-state index contributed by atoms with van der Waals surface area (Å²) < 4.78 is 5.38. The van der Waals surface area contributed by atoms with E-state index in [2.05, 4.69) is 0 Å². The van der Waals surface area contributed by atoms with Gasteiger partial charge in [0, 0.05) is 24.9 Å². The Hall–Kier alpha value is -2.30. The van der Waals surface area contributed by atoms with E-state index in [1.54, 1.807) is 4.90 Å². The van der Waals surface area contributed by atoms with Gasteiger partial charge in [0.2, 0.25) is 0 Å². The van der Waals surface area contributed by atoms with Crippen molar-refractivity contribution >= 4 is 22.8 Å². The molecular formula is C15H15NO4. The molecule has 104 valence electrons. The zero-order valence-corrected chi connectivity index (χ0v) is 10.9. The third-order valence-electron chi connectivity index (χ3n) is 3.75. The van der Waals surface area contributed by atoms with Gasteiger partial charge >= 0.3 is 5.97 Å². The molecule has 1 saturated heterocycles. The predicted molar refractivity (Wildman–Crippen MR) is 72.5 cm³/mol. The summed E-state index contributed by atoms with van der Waals surface area (Å²) in [5.41, 5.74) is 1.24. The zero-order chi connectivity index (χ0) is 14.1. The molecule has 1 aliphatic heterocycles. The van der Waals surface area contributed by atoms with Crippen LogP contribution in [-0.4, -0.2) is 35.0 Å². The zero-order valence-electron chi connectivity index (χ0n) is 10.9. The van der Waals surface area contributed by atoms with E-state index in [-0.39, 0.29) is 18.2 Å². The molecule has 3 rings (SSSR count). The molecule has 1 aromatic carbocycles. The second-order valence-corrected chi connectivity index (χ2v) is 5.15. The molecule has 2 heterocycles. The summed E-state index contributed by atoms with van der Waals surface area (Å²) in [5, 5.41) is 9.61. The maximum atomic E-state index is 12.5. The third kappa shape index (κ3) is 2.27. The van der Waals surface area contributed by atoms with E-state index in [0.29, 0.717) is 24.2 Å². The van der Waals surface area contributed by atoms with Crippen molar-refractivity contribution in [3.8, 4) is 0 Å². The minimum absolute atomic E-state index is 0.0506. The van der Waals surface area contributed by atoms with E-state index in [1.165, 1.54) is 6.26 Å². The monoisotopic (exact) mass is 273 g/mol. The lowest BCUT2D eigenvalue weighted by Crippen LogP contribution is -2.28. The van der Waals surface area contributed by atoms with Gasteiger partial charge in [0.15, 0.2) is 0 Å². The van der Waals surface area contributed by atoms with Crippen LogP contribution in [0.25, 0.3) is 11.0 Å². The number of carboxylic acids is 1. The molecular weight excluding hydrogens is 258 g/mol. The standard InChI is InChI=1S/C15H15NO4/c17-14(18)7-10-5-6-16(8-10)15(19)12-9-20-13-4-2-1-3-11(12)13/h1-4,9-10H,5-8H2,(H,17,18). The number of carbonyl (C=O) groups is 2. The van der Waals surface area contributed by atoms with E-state index in [4.69, 9.17) is 9.52 Å². The van der Waals surface area contributed by atoms with Crippen LogP contribution in [0, 0.1) is 5.92 Å². The average Bonchev–Trinajstić information content (AvgIpc) is 3.03. The molecule has 2 aromatic rings. The number of hydrogen-bond acceptors (Lipinski definition) is 3. The Morgan fingerprint density at radius 3 is 2.95 bits per heavy atom. The molecule has 1 N–H and O–H groups in total. The van der Waals surface area contributed by atoms with Gasteiger partial charge in [0.1, 0.15) is 11.8 Å². The Morgan fingerprint density at radius 2 is 2.15 bits per heavy atom. The summed E-state index contributed by atoms with van der Waals surface area (Å²) in [7, 11) is 0. The van der Waals surface area contributed by atoms with Gasteiger partial charge in [0.05, 0.1) is 5.56 Å². The lowest BCUT2D eigenvalue weighted by molar-refractivity contribution is -0.138. The summed E-state index contributed by atoms with van der Waals surface area (Å²) in [6.45, 7) is 1.11. The molecule has 0 spiro atoms. The third-order valence-corrected chi connectivity index (χ3v) is 3.75. The fraction of sp³-hybridized carbons (Fsp3) is 0.333. The first-order chi connectivity index (χ1) is 9.65. The van der Waals surface area contributed by atoms with E-state index >= 15 is 0 Å². The van der Waals surface area contributed by atoms with Crippen LogP contribution in [0.4, 0.5) is 0 Å². The highest BCUT2D eigenvalue weighted by Crippen LogP contribution is 2.26. The van der Waals surface area contributed by atoms with E-state index in [9.17, 15) is 9.59 Å². The molecule has 1 aromatic heterocycles. The lowest BCUT2D eigenvalue weighted by atomic mass is 10.1. The normalized spacial score (nSPS) is 18.6. The number of benzene rings is 1. The second kappa shape index (κ2) is 5.00. The quantitative estimate of drug-likeness (QED) is 0.932.